The third kappa shape index (κ3) is 8.13. The minimum atomic E-state index is 0. The van der Waals surface area contributed by atoms with Gasteiger partial charge in [0, 0.05) is 29.7 Å². The van der Waals surface area contributed by atoms with E-state index in [-0.39, 0.29) is 24.4 Å². The highest BCUT2D eigenvalue weighted by Gasteiger charge is 2.12. The molecule has 1 rings (SSSR count). The maximum absolute atomic E-state index is 12.0. The van der Waals surface area contributed by atoms with Crippen LogP contribution in [0.4, 0.5) is 0 Å². The summed E-state index contributed by atoms with van der Waals surface area (Å²) in [4.78, 5) is 13.0. The summed E-state index contributed by atoms with van der Waals surface area (Å²) in [6.07, 6.45) is 1.37. The topological polar surface area (TPSA) is 73.6 Å². The van der Waals surface area contributed by atoms with Crippen LogP contribution in [0.25, 0.3) is 0 Å². The van der Waals surface area contributed by atoms with Gasteiger partial charge < -0.3 is 20.5 Å². The van der Waals surface area contributed by atoms with Crippen molar-refractivity contribution in [2.75, 3.05) is 26.5 Å². The van der Waals surface area contributed by atoms with Crippen LogP contribution in [0, 0.1) is 5.92 Å². The van der Waals surface area contributed by atoms with Gasteiger partial charge in [-0.05, 0) is 30.5 Å². The molecule has 0 radical (unpaired) electrons. The summed E-state index contributed by atoms with van der Waals surface area (Å²) in [6.45, 7) is 4.73. The number of methoxy groups -OCH3 is 2. The van der Waals surface area contributed by atoms with Crippen molar-refractivity contribution in [2.45, 2.75) is 37.6 Å². The van der Waals surface area contributed by atoms with Gasteiger partial charge in [0.15, 0.2) is 11.5 Å². The molecular formula is C17H29ClN2O3S. The number of rotatable bonds is 10. The molecule has 1 aromatic carbocycles. The first-order valence-corrected chi connectivity index (χ1v) is 8.83. The van der Waals surface area contributed by atoms with E-state index in [2.05, 4.69) is 19.2 Å². The molecule has 0 aliphatic carbocycles. The van der Waals surface area contributed by atoms with E-state index in [4.69, 9.17) is 15.2 Å². The maximum atomic E-state index is 12.0. The summed E-state index contributed by atoms with van der Waals surface area (Å²) in [5, 5.41) is 3.00. The van der Waals surface area contributed by atoms with E-state index in [1.807, 2.05) is 18.2 Å². The number of carbonyl (C=O) groups is 1. The number of amides is 1. The Labute approximate surface area is 155 Å². The number of thioether (sulfide) groups is 1. The summed E-state index contributed by atoms with van der Waals surface area (Å²) in [6, 6.07) is 5.82. The lowest BCUT2D eigenvalue weighted by molar-refractivity contribution is -0.121. The van der Waals surface area contributed by atoms with E-state index in [1.54, 1.807) is 26.0 Å². The largest absolute Gasteiger partial charge is 0.493 e. The van der Waals surface area contributed by atoms with Gasteiger partial charge in [0.1, 0.15) is 0 Å². The predicted molar refractivity (Wildman–Crippen MR) is 103 cm³/mol. The first kappa shape index (κ1) is 22.9. The van der Waals surface area contributed by atoms with Crippen LogP contribution in [0.2, 0.25) is 0 Å². The van der Waals surface area contributed by atoms with E-state index in [9.17, 15) is 4.79 Å². The third-order valence-electron chi connectivity index (χ3n) is 3.36. The SMILES string of the molecule is COc1ccc(SCCC(=O)NC(CN)CC(C)C)cc1OC.Cl. The zero-order valence-corrected chi connectivity index (χ0v) is 16.5. The molecule has 7 heteroatoms. The average molecular weight is 377 g/mol. The normalized spacial score (nSPS) is 11.6. The molecule has 0 bridgehead atoms. The van der Waals surface area contributed by atoms with Gasteiger partial charge in [-0.25, -0.2) is 0 Å². The Morgan fingerprint density at radius 2 is 1.92 bits per heavy atom. The fraction of sp³-hybridized carbons (Fsp3) is 0.588. The van der Waals surface area contributed by atoms with Crippen molar-refractivity contribution in [1.29, 1.82) is 0 Å². The maximum Gasteiger partial charge on any atom is 0.221 e. The predicted octanol–water partition coefficient (Wildman–Crippen LogP) is 3.10. The molecule has 0 saturated heterocycles. The molecule has 0 saturated carbocycles. The van der Waals surface area contributed by atoms with Gasteiger partial charge in [0.25, 0.3) is 0 Å². The van der Waals surface area contributed by atoms with Crippen LogP contribution < -0.4 is 20.5 Å². The van der Waals surface area contributed by atoms with E-state index in [1.165, 1.54) is 0 Å². The Balaban J connectivity index is 0.00000529. The molecule has 1 atom stereocenters. The molecule has 0 aromatic heterocycles. The van der Waals surface area contributed by atoms with E-state index in [0.29, 0.717) is 36.1 Å². The second kappa shape index (κ2) is 12.3. The van der Waals surface area contributed by atoms with Crippen molar-refractivity contribution in [3.63, 3.8) is 0 Å². The van der Waals surface area contributed by atoms with E-state index >= 15 is 0 Å². The van der Waals surface area contributed by atoms with Crippen LogP contribution in [0.3, 0.4) is 0 Å². The van der Waals surface area contributed by atoms with Crippen molar-refractivity contribution >= 4 is 30.1 Å². The zero-order chi connectivity index (χ0) is 17.2. The van der Waals surface area contributed by atoms with Crippen LogP contribution in [0.1, 0.15) is 26.7 Å². The fourth-order valence-corrected chi connectivity index (χ4v) is 3.13. The number of ether oxygens (including phenoxy) is 2. The number of nitrogens with two attached hydrogens (primary N) is 1. The first-order valence-electron chi connectivity index (χ1n) is 7.84. The number of carbonyl (C=O) groups excluding carboxylic acids is 1. The molecule has 3 N–H and O–H groups in total. The van der Waals surface area contributed by atoms with Crippen LogP contribution >= 0.6 is 24.2 Å². The van der Waals surface area contributed by atoms with Gasteiger partial charge in [0.05, 0.1) is 14.2 Å². The van der Waals surface area contributed by atoms with Crippen molar-refractivity contribution in [3.05, 3.63) is 18.2 Å². The number of hydrogen-bond acceptors (Lipinski definition) is 5. The molecule has 0 aliphatic rings. The Morgan fingerprint density at radius 3 is 2.46 bits per heavy atom. The molecule has 5 nitrogen and oxygen atoms in total. The minimum absolute atomic E-state index is 0. The molecule has 0 heterocycles. The smallest absolute Gasteiger partial charge is 0.221 e. The highest BCUT2D eigenvalue weighted by Crippen LogP contribution is 2.31. The summed E-state index contributed by atoms with van der Waals surface area (Å²) in [5.74, 6) is 2.68. The Hall–Kier alpha value is -1.11. The lowest BCUT2D eigenvalue weighted by Gasteiger charge is -2.18. The summed E-state index contributed by atoms with van der Waals surface area (Å²) in [7, 11) is 3.22. The van der Waals surface area contributed by atoms with E-state index in [0.717, 1.165) is 11.3 Å². The third-order valence-corrected chi connectivity index (χ3v) is 4.35. The Kier molecular flexibility index (Phi) is 11.7. The molecular weight excluding hydrogens is 348 g/mol. The first-order chi connectivity index (χ1) is 11.0. The Bertz CT molecular complexity index is 501. The van der Waals surface area contributed by atoms with Crippen LogP contribution in [0.15, 0.2) is 23.1 Å². The lowest BCUT2D eigenvalue weighted by Crippen LogP contribution is -2.41. The molecule has 1 aromatic rings. The summed E-state index contributed by atoms with van der Waals surface area (Å²) < 4.78 is 10.5. The summed E-state index contributed by atoms with van der Waals surface area (Å²) in [5.41, 5.74) is 5.70. The quantitative estimate of drug-likeness (QED) is 0.614. The number of nitrogens with one attached hydrogen (secondary N) is 1. The molecule has 138 valence electrons. The number of hydrogen-bond donors (Lipinski definition) is 2. The molecule has 1 amide bonds. The minimum Gasteiger partial charge on any atom is -0.493 e. The van der Waals surface area contributed by atoms with Gasteiger partial charge >= 0.3 is 0 Å². The fourth-order valence-electron chi connectivity index (χ4n) is 2.25. The molecule has 24 heavy (non-hydrogen) atoms. The van der Waals surface area contributed by atoms with Gasteiger partial charge in [-0.3, -0.25) is 4.79 Å². The van der Waals surface area contributed by atoms with Gasteiger partial charge in [-0.2, -0.15) is 0 Å². The zero-order valence-electron chi connectivity index (χ0n) is 14.8. The molecule has 0 aliphatic heterocycles. The van der Waals surface area contributed by atoms with Crippen molar-refractivity contribution in [1.82, 2.24) is 5.32 Å². The van der Waals surface area contributed by atoms with E-state index < -0.39 is 0 Å². The summed E-state index contributed by atoms with van der Waals surface area (Å²) >= 11 is 1.62. The highest BCUT2D eigenvalue weighted by atomic mass is 35.5. The van der Waals surface area contributed by atoms with Gasteiger partial charge in [0.2, 0.25) is 5.91 Å². The van der Waals surface area contributed by atoms with Crippen LogP contribution in [-0.2, 0) is 4.79 Å². The highest BCUT2D eigenvalue weighted by molar-refractivity contribution is 7.99. The standard InChI is InChI=1S/C17H28N2O3S.ClH/c1-12(2)9-13(11-18)19-17(20)7-8-23-14-5-6-15(21-3)16(10-14)22-4;/h5-6,10,12-13H,7-9,11,18H2,1-4H3,(H,19,20);1H. The van der Waals surface area contributed by atoms with Gasteiger partial charge in [-0.15, -0.1) is 24.2 Å². The van der Waals surface area contributed by atoms with Crippen molar-refractivity contribution in [3.8, 4) is 11.5 Å². The van der Waals surface area contributed by atoms with Gasteiger partial charge in [-0.1, -0.05) is 13.8 Å². The number of halogens is 1. The second-order valence-corrected chi connectivity index (χ2v) is 6.91. The molecule has 0 fully saturated rings. The Morgan fingerprint density at radius 1 is 1.25 bits per heavy atom. The molecule has 1 unspecified atom stereocenters. The van der Waals surface area contributed by atoms with Crippen molar-refractivity contribution < 1.29 is 14.3 Å². The monoisotopic (exact) mass is 376 g/mol. The average Bonchev–Trinajstić information content (AvgIpc) is 2.53. The molecule has 0 spiro atoms. The van der Waals surface area contributed by atoms with Crippen LogP contribution in [-0.4, -0.2) is 38.5 Å². The lowest BCUT2D eigenvalue weighted by atomic mass is 10.0. The second-order valence-electron chi connectivity index (χ2n) is 5.74. The van der Waals surface area contributed by atoms with Crippen LogP contribution in [0.5, 0.6) is 11.5 Å². The van der Waals surface area contributed by atoms with Crippen molar-refractivity contribution in [2.24, 2.45) is 11.7 Å². The number of benzene rings is 1.